The van der Waals surface area contributed by atoms with E-state index in [1.54, 1.807) is 12.1 Å². The molecule has 2 amide bonds. The van der Waals surface area contributed by atoms with E-state index >= 15 is 0 Å². The van der Waals surface area contributed by atoms with Crippen molar-refractivity contribution in [3.63, 3.8) is 0 Å². The van der Waals surface area contributed by atoms with Crippen molar-refractivity contribution in [2.45, 2.75) is 51.4 Å². The van der Waals surface area contributed by atoms with Crippen LogP contribution >= 0.6 is 0 Å². The lowest BCUT2D eigenvalue weighted by molar-refractivity contribution is -0.131. The van der Waals surface area contributed by atoms with Crippen molar-refractivity contribution in [2.24, 2.45) is 0 Å². The van der Waals surface area contributed by atoms with Gasteiger partial charge in [0.05, 0.1) is 6.54 Å². The molecule has 0 atom stereocenters. The zero-order valence-corrected chi connectivity index (χ0v) is 24.1. The molecule has 0 aromatic heterocycles. The van der Waals surface area contributed by atoms with Crippen LogP contribution in [0, 0.1) is 11.6 Å². The van der Waals surface area contributed by atoms with Crippen molar-refractivity contribution >= 4 is 11.8 Å². The van der Waals surface area contributed by atoms with Gasteiger partial charge in [0.2, 0.25) is 5.91 Å². The first-order chi connectivity index (χ1) is 19.8. The van der Waals surface area contributed by atoms with E-state index in [9.17, 15) is 18.4 Å². The second-order valence-corrected chi connectivity index (χ2v) is 11.2. The summed E-state index contributed by atoms with van der Waals surface area (Å²) in [5.74, 6) is -0.292. The Labute approximate surface area is 242 Å². The Morgan fingerprint density at radius 3 is 1.80 bits per heavy atom. The fourth-order valence-corrected chi connectivity index (χ4v) is 5.39. The molecule has 0 spiro atoms. The fraction of sp³-hybridized carbons (Fsp3) is 0.412. The summed E-state index contributed by atoms with van der Waals surface area (Å²) in [5.41, 5.74) is 3.82. The third-order valence-corrected chi connectivity index (χ3v) is 7.98. The minimum absolute atomic E-state index is 0.00798. The molecule has 0 unspecified atom stereocenters. The Morgan fingerprint density at radius 1 is 0.732 bits per heavy atom. The average Bonchev–Trinajstić information content (AvgIpc) is 2.99. The van der Waals surface area contributed by atoms with Gasteiger partial charge in [-0.05, 0) is 78.4 Å². The van der Waals surface area contributed by atoms with E-state index < -0.39 is 0 Å². The summed E-state index contributed by atoms with van der Waals surface area (Å²) < 4.78 is 27.0. The highest BCUT2D eigenvalue weighted by Gasteiger charge is 2.21. The van der Waals surface area contributed by atoms with E-state index in [1.807, 2.05) is 41.3 Å². The lowest BCUT2D eigenvalue weighted by Crippen LogP contribution is -2.51. The van der Waals surface area contributed by atoms with Crippen LogP contribution in [-0.2, 0) is 4.79 Å². The maximum absolute atomic E-state index is 13.5. The molecule has 4 rings (SSSR count). The van der Waals surface area contributed by atoms with Crippen LogP contribution < -0.4 is 5.32 Å². The highest BCUT2D eigenvalue weighted by atomic mass is 19.1. The number of hydrogen-bond donors (Lipinski definition) is 1. The number of hydrogen-bond acceptors (Lipinski definition) is 3. The highest BCUT2D eigenvalue weighted by molar-refractivity contribution is 5.96. The van der Waals surface area contributed by atoms with Crippen LogP contribution in [0.1, 0.15) is 78.4 Å². The van der Waals surface area contributed by atoms with Gasteiger partial charge in [0.25, 0.3) is 5.91 Å². The zero-order chi connectivity index (χ0) is 29.2. The van der Waals surface area contributed by atoms with Crippen LogP contribution in [0.15, 0.2) is 72.8 Å². The van der Waals surface area contributed by atoms with Gasteiger partial charge in [-0.1, -0.05) is 63.1 Å². The fourth-order valence-electron chi connectivity index (χ4n) is 5.39. The Kier molecular flexibility index (Phi) is 11.0. The molecule has 41 heavy (non-hydrogen) atoms. The van der Waals surface area contributed by atoms with E-state index in [-0.39, 0.29) is 35.9 Å². The summed E-state index contributed by atoms with van der Waals surface area (Å²) >= 11 is 0. The Bertz CT molecular complexity index is 1210. The predicted octanol–water partition coefficient (Wildman–Crippen LogP) is 6.35. The maximum Gasteiger partial charge on any atom is 0.251 e. The van der Waals surface area contributed by atoms with Crippen molar-refractivity contribution in [1.82, 2.24) is 15.1 Å². The minimum Gasteiger partial charge on any atom is -0.343 e. The van der Waals surface area contributed by atoms with Gasteiger partial charge < -0.3 is 10.2 Å². The second kappa shape index (κ2) is 14.9. The largest absolute Gasteiger partial charge is 0.343 e. The first kappa shape index (κ1) is 30.4. The Morgan fingerprint density at radius 2 is 1.27 bits per heavy atom. The van der Waals surface area contributed by atoms with Crippen LogP contribution in [0.3, 0.4) is 0 Å². The zero-order valence-electron chi connectivity index (χ0n) is 24.1. The summed E-state index contributed by atoms with van der Waals surface area (Å²) in [7, 11) is 0. The number of nitrogens with zero attached hydrogens (tertiary/aromatic N) is 2. The molecule has 3 aromatic rings. The molecule has 1 fully saturated rings. The summed E-state index contributed by atoms with van der Waals surface area (Å²) in [6.45, 7) is 8.17. The molecule has 1 aliphatic heterocycles. The normalized spacial score (nSPS) is 14.0. The van der Waals surface area contributed by atoms with Crippen molar-refractivity contribution in [2.75, 3.05) is 39.3 Å². The number of nitrogens with one attached hydrogen (secondary N) is 1. The van der Waals surface area contributed by atoms with Crippen molar-refractivity contribution in [1.29, 1.82) is 0 Å². The number of unbranched alkanes of at least 4 members (excludes halogenated alkanes) is 2. The molecule has 218 valence electrons. The SMILES string of the molecule is CC(C)c1ccc(C(=O)NCC(=O)N2CCN(CCCCCC(c3ccc(F)cc3)c3ccc(F)cc3)CC2)cc1. The number of halogens is 2. The molecular weight excluding hydrogens is 520 g/mol. The molecular formula is C34H41F2N3O2. The van der Waals surface area contributed by atoms with E-state index in [0.29, 0.717) is 24.6 Å². The molecule has 0 saturated carbocycles. The number of amides is 2. The first-order valence-corrected chi connectivity index (χ1v) is 14.7. The summed E-state index contributed by atoms with van der Waals surface area (Å²) in [4.78, 5) is 29.3. The predicted molar refractivity (Wildman–Crippen MR) is 159 cm³/mol. The standard InChI is InChI=1S/C34H41F2N3O2/c1-25(2)26-7-9-29(10-8-26)34(41)37-24-33(40)39-22-20-38(21-23-39)19-5-3-4-6-32(27-11-15-30(35)16-12-27)28-13-17-31(36)18-14-28/h7-18,25,32H,3-6,19-24H2,1-2H3,(H,37,41). The van der Waals surface area contributed by atoms with E-state index in [0.717, 1.165) is 56.4 Å². The number of piperazine rings is 1. The molecule has 0 bridgehead atoms. The quantitative estimate of drug-likeness (QED) is 0.262. The molecule has 7 heteroatoms. The van der Waals surface area contributed by atoms with Crippen LogP contribution in [0.4, 0.5) is 8.78 Å². The van der Waals surface area contributed by atoms with Crippen LogP contribution in [-0.4, -0.2) is 60.9 Å². The Hall–Kier alpha value is -3.58. The average molecular weight is 562 g/mol. The highest BCUT2D eigenvalue weighted by Crippen LogP contribution is 2.30. The smallest absolute Gasteiger partial charge is 0.251 e. The van der Waals surface area contributed by atoms with Crippen LogP contribution in [0.25, 0.3) is 0 Å². The summed E-state index contributed by atoms with van der Waals surface area (Å²) in [6, 6.07) is 20.7. The minimum atomic E-state index is -0.259. The number of carbonyl (C=O) groups excluding carboxylic acids is 2. The first-order valence-electron chi connectivity index (χ1n) is 14.7. The molecule has 0 radical (unpaired) electrons. The molecule has 5 nitrogen and oxygen atoms in total. The maximum atomic E-state index is 13.5. The Balaban J connectivity index is 1.15. The van der Waals surface area contributed by atoms with Gasteiger partial charge in [-0.15, -0.1) is 0 Å². The third kappa shape index (κ3) is 8.95. The van der Waals surface area contributed by atoms with Gasteiger partial charge in [0.1, 0.15) is 11.6 Å². The van der Waals surface area contributed by atoms with Gasteiger partial charge in [0.15, 0.2) is 0 Å². The topological polar surface area (TPSA) is 52.7 Å². The lowest BCUT2D eigenvalue weighted by atomic mass is 9.87. The van der Waals surface area contributed by atoms with Gasteiger partial charge in [-0.25, -0.2) is 8.78 Å². The van der Waals surface area contributed by atoms with E-state index in [4.69, 9.17) is 0 Å². The molecule has 1 N–H and O–H groups in total. The van der Waals surface area contributed by atoms with Crippen molar-refractivity contribution in [3.8, 4) is 0 Å². The van der Waals surface area contributed by atoms with E-state index in [1.165, 1.54) is 29.8 Å². The van der Waals surface area contributed by atoms with E-state index in [2.05, 4.69) is 24.1 Å². The van der Waals surface area contributed by atoms with Crippen LogP contribution in [0.5, 0.6) is 0 Å². The van der Waals surface area contributed by atoms with Crippen molar-refractivity contribution < 1.29 is 18.4 Å². The van der Waals surface area contributed by atoms with Gasteiger partial charge in [-0.2, -0.15) is 0 Å². The molecule has 3 aromatic carbocycles. The number of benzene rings is 3. The molecule has 0 aliphatic carbocycles. The van der Waals surface area contributed by atoms with Gasteiger partial charge >= 0.3 is 0 Å². The lowest BCUT2D eigenvalue weighted by Gasteiger charge is -2.34. The summed E-state index contributed by atoms with van der Waals surface area (Å²) in [5, 5.41) is 2.76. The molecule has 1 aliphatic rings. The number of carbonyl (C=O) groups is 2. The number of rotatable bonds is 12. The summed E-state index contributed by atoms with van der Waals surface area (Å²) in [6.07, 6.45) is 4.03. The van der Waals surface area contributed by atoms with Gasteiger partial charge in [-0.3, -0.25) is 14.5 Å². The molecule has 1 heterocycles. The molecule has 1 saturated heterocycles. The van der Waals surface area contributed by atoms with Gasteiger partial charge in [0, 0.05) is 37.7 Å². The second-order valence-electron chi connectivity index (χ2n) is 11.2. The third-order valence-electron chi connectivity index (χ3n) is 7.98. The monoisotopic (exact) mass is 561 g/mol. The van der Waals surface area contributed by atoms with Crippen molar-refractivity contribution in [3.05, 3.63) is 107 Å². The van der Waals surface area contributed by atoms with Crippen LogP contribution in [0.2, 0.25) is 0 Å².